The van der Waals surface area contributed by atoms with Gasteiger partial charge in [-0.25, -0.2) is 0 Å². The summed E-state index contributed by atoms with van der Waals surface area (Å²) < 4.78 is 56.1. The summed E-state index contributed by atoms with van der Waals surface area (Å²) in [6, 6.07) is 12.8. The predicted molar refractivity (Wildman–Crippen MR) is 116 cm³/mol. The number of phenolic OH excluding ortho intramolecular Hbond substituents is 2. The number of hydrogen-bond acceptors (Lipinski definition) is 12. The van der Waals surface area contributed by atoms with Crippen molar-refractivity contribution < 1.29 is 45.1 Å². The van der Waals surface area contributed by atoms with E-state index in [1.54, 1.807) is 36.4 Å². The van der Waals surface area contributed by atoms with Gasteiger partial charge < -0.3 is 19.9 Å². The van der Waals surface area contributed by atoms with E-state index in [2.05, 4.69) is 18.7 Å². The van der Waals surface area contributed by atoms with E-state index in [9.17, 15) is 27.0 Å². The van der Waals surface area contributed by atoms with Crippen LogP contribution in [0.25, 0.3) is 0 Å². The number of nitrogens with zero attached hydrogens (tertiary/aromatic N) is 2. The van der Waals surface area contributed by atoms with Crippen LogP contribution in [-0.4, -0.2) is 74.4 Å². The van der Waals surface area contributed by atoms with Gasteiger partial charge >= 0.3 is 0 Å². The van der Waals surface area contributed by atoms with Gasteiger partial charge in [0.1, 0.15) is 36.1 Å². The van der Waals surface area contributed by atoms with Gasteiger partial charge in [-0.2, -0.15) is 16.8 Å². The topological polar surface area (TPSA) is 170 Å². The molecule has 0 bridgehead atoms. The van der Waals surface area contributed by atoms with Crippen LogP contribution in [0.2, 0.25) is 0 Å². The van der Waals surface area contributed by atoms with E-state index in [1.807, 2.05) is 0 Å². The Balaban J connectivity index is 0.000000142. The highest BCUT2D eigenvalue weighted by atomic mass is 32.2. The number of phenols is 2. The molecule has 4 atom stereocenters. The van der Waals surface area contributed by atoms with Crippen molar-refractivity contribution in [2.45, 2.75) is 22.7 Å². The largest absolute Gasteiger partial charge is 0.507 e. The molecule has 0 spiro atoms. The molecular formula is C20H18N2O10S2. The predicted octanol–water partition coefficient (Wildman–Crippen LogP) is 0.447. The first kappa shape index (κ1) is 22.6. The smallest absolute Gasteiger partial charge is 0.280 e. The van der Waals surface area contributed by atoms with Crippen LogP contribution < -0.4 is 0 Å². The zero-order valence-corrected chi connectivity index (χ0v) is 18.8. The average Bonchev–Trinajstić information content (AvgIpc) is 3.54. The lowest BCUT2D eigenvalue weighted by Crippen LogP contribution is -2.31. The minimum Gasteiger partial charge on any atom is -0.507 e. The van der Waals surface area contributed by atoms with Gasteiger partial charge in [0.2, 0.25) is 0 Å². The molecule has 4 aliphatic rings. The third-order valence-corrected chi connectivity index (χ3v) is 8.79. The SMILES string of the molecule is O=S1(=O)OC[C@@H]2ON=C(c3ccccc3O)[C@@H]21.O=S1(=O)OC[C@H]2ON=C(c3ccccc3O)[C@H]21. The molecule has 0 saturated carbocycles. The fraction of sp³-hybridized carbons (Fsp3) is 0.300. The molecular weight excluding hydrogens is 492 g/mol. The Labute approximate surface area is 194 Å². The normalized spacial score (nSPS) is 29.5. The molecule has 4 aliphatic heterocycles. The first-order chi connectivity index (χ1) is 16.2. The molecule has 6 rings (SSSR count). The molecule has 2 aromatic rings. The van der Waals surface area contributed by atoms with E-state index in [0.717, 1.165) is 0 Å². The molecule has 0 radical (unpaired) electrons. The summed E-state index contributed by atoms with van der Waals surface area (Å²) in [6.45, 7) is -0.0683. The van der Waals surface area contributed by atoms with Crippen LogP contribution in [0.5, 0.6) is 11.5 Å². The number of aromatic hydroxyl groups is 2. The lowest BCUT2D eigenvalue weighted by Gasteiger charge is -2.07. The number of oxime groups is 2. The van der Waals surface area contributed by atoms with Crippen LogP contribution in [-0.2, 0) is 38.3 Å². The molecule has 0 amide bonds. The molecule has 0 aromatic heterocycles. The maximum Gasteiger partial charge on any atom is 0.280 e. The Kier molecular flexibility index (Phi) is 5.47. The minimum atomic E-state index is -3.70. The Bertz CT molecular complexity index is 1300. The van der Waals surface area contributed by atoms with Crippen LogP contribution >= 0.6 is 0 Å². The van der Waals surface area contributed by atoms with Gasteiger partial charge in [0.25, 0.3) is 20.2 Å². The fourth-order valence-electron chi connectivity index (χ4n) is 3.95. The van der Waals surface area contributed by atoms with Gasteiger partial charge in [0, 0.05) is 11.1 Å². The van der Waals surface area contributed by atoms with Crippen LogP contribution in [0.4, 0.5) is 0 Å². The Morgan fingerprint density at radius 3 is 1.44 bits per heavy atom. The summed E-state index contributed by atoms with van der Waals surface area (Å²) in [5, 5.41) is 25.0. The first-order valence-corrected chi connectivity index (χ1v) is 12.9. The molecule has 14 heteroatoms. The summed E-state index contributed by atoms with van der Waals surface area (Å²) in [4.78, 5) is 10.0. The third-order valence-electron chi connectivity index (χ3n) is 5.56. The molecule has 2 saturated heterocycles. The van der Waals surface area contributed by atoms with Crippen molar-refractivity contribution in [1.82, 2.24) is 0 Å². The van der Waals surface area contributed by atoms with Gasteiger partial charge in [-0.1, -0.05) is 34.6 Å². The molecule has 2 fully saturated rings. The maximum absolute atomic E-state index is 11.7. The van der Waals surface area contributed by atoms with E-state index in [-0.39, 0.29) is 36.1 Å². The van der Waals surface area contributed by atoms with Crippen molar-refractivity contribution in [1.29, 1.82) is 0 Å². The van der Waals surface area contributed by atoms with Crippen molar-refractivity contribution in [2.24, 2.45) is 10.3 Å². The number of para-hydroxylation sites is 2. The number of hydrogen-bond donors (Lipinski definition) is 2. The molecule has 12 nitrogen and oxygen atoms in total. The maximum atomic E-state index is 11.7. The lowest BCUT2D eigenvalue weighted by atomic mass is 10.0. The average molecular weight is 511 g/mol. The molecule has 2 N–H and O–H groups in total. The third kappa shape index (κ3) is 3.77. The zero-order valence-electron chi connectivity index (χ0n) is 17.2. The van der Waals surface area contributed by atoms with E-state index in [1.165, 1.54) is 12.1 Å². The van der Waals surface area contributed by atoms with Crippen molar-refractivity contribution in [2.75, 3.05) is 13.2 Å². The monoisotopic (exact) mass is 510 g/mol. The summed E-state index contributed by atoms with van der Waals surface area (Å²) in [7, 11) is -7.41. The second-order valence-corrected chi connectivity index (χ2v) is 11.1. The summed E-state index contributed by atoms with van der Waals surface area (Å²) in [6.07, 6.45) is -1.23. The quantitative estimate of drug-likeness (QED) is 0.541. The Hall–Kier alpha value is -3.20. The van der Waals surface area contributed by atoms with E-state index in [4.69, 9.17) is 9.68 Å². The van der Waals surface area contributed by atoms with Crippen LogP contribution in [0.3, 0.4) is 0 Å². The van der Waals surface area contributed by atoms with Gasteiger partial charge in [-0.3, -0.25) is 8.37 Å². The Morgan fingerprint density at radius 1 is 0.676 bits per heavy atom. The van der Waals surface area contributed by atoms with Gasteiger partial charge in [-0.15, -0.1) is 0 Å². The molecule has 180 valence electrons. The molecule has 4 heterocycles. The first-order valence-electron chi connectivity index (χ1n) is 9.99. The highest BCUT2D eigenvalue weighted by molar-refractivity contribution is 7.88. The fourth-order valence-corrected chi connectivity index (χ4v) is 6.78. The standard InChI is InChI=1S/2C10H9NO5S/c2*12-7-4-2-1-3-6(7)9-10-8(16-11-9)5-15-17(10,13)14/h2*1-4,8,10,12H,5H2/t2*8-,10+/m10/s1. The minimum absolute atomic E-state index is 0.0300. The second-order valence-electron chi connectivity index (χ2n) is 7.67. The molecule has 0 aliphatic carbocycles. The van der Waals surface area contributed by atoms with Gasteiger partial charge in [0.05, 0.1) is 0 Å². The summed E-state index contributed by atoms with van der Waals surface area (Å²) in [5.41, 5.74) is 1.11. The summed E-state index contributed by atoms with van der Waals surface area (Å²) >= 11 is 0. The summed E-state index contributed by atoms with van der Waals surface area (Å²) in [5.74, 6) is -0.0600. The number of rotatable bonds is 2. The van der Waals surface area contributed by atoms with Gasteiger partial charge in [0.15, 0.2) is 22.7 Å². The zero-order chi connectivity index (χ0) is 24.1. The van der Waals surface area contributed by atoms with Crippen LogP contribution in [0.15, 0.2) is 58.8 Å². The highest BCUT2D eigenvalue weighted by Crippen LogP contribution is 2.34. The van der Waals surface area contributed by atoms with E-state index < -0.39 is 42.9 Å². The van der Waals surface area contributed by atoms with Crippen molar-refractivity contribution in [3.63, 3.8) is 0 Å². The number of fused-ring (bicyclic) bond motifs is 2. The lowest BCUT2D eigenvalue weighted by molar-refractivity contribution is 0.0683. The van der Waals surface area contributed by atoms with Crippen LogP contribution in [0, 0.1) is 0 Å². The highest BCUT2D eigenvalue weighted by Gasteiger charge is 2.52. The Morgan fingerprint density at radius 2 is 1.06 bits per heavy atom. The van der Waals surface area contributed by atoms with E-state index >= 15 is 0 Å². The van der Waals surface area contributed by atoms with E-state index in [0.29, 0.717) is 11.1 Å². The molecule has 2 aromatic carbocycles. The van der Waals surface area contributed by atoms with Gasteiger partial charge in [-0.05, 0) is 24.3 Å². The van der Waals surface area contributed by atoms with Crippen molar-refractivity contribution in [3.05, 3.63) is 59.7 Å². The number of benzene rings is 2. The molecule has 34 heavy (non-hydrogen) atoms. The van der Waals surface area contributed by atoms with Crippen molar-refractivity contribution in [3.8, 4) is 11.5 Å². The van der Waals surface area contributed by atoms with Crippen LogP contribution in [0.1, 0.15) is 11.1 Å². The molecule has 0 unspecified atom stereocenters. The van der Waals surface area contributed by atoms with Crippen molar-refractivity contribution >= 4 is 31.7 Å². The second kappa shape index (κ2) is 8.23.